The molecule has 1 aliphatic rings. The highest BCUT2D eigenvalue weighted by Gasteiger charge is 2.34. The number of nitrogens with two attached hydrogens (primary N) is 1. The fraction of sp³-hybridized carbons (Fsp3) is 0.538. The molecule has 2 rings (SSSR count). The van der Waals surface area contributed by atoms with E-state index in [9.17, 15) is 13.2 Å². The second kappa shape index (κ2) is 5.79. The molecule has 1 saturated heterocycles. The Labute approximate surface area is 109 Å². The summed E-state index contributed by atoms with van der Waals surface area (Å²) in [6.07, 6.45) is -3.02. The first-order chi connectivity index (χ1) is 9.00. The molecule has 0 radical (unpaired) electrons. The van der Waals surface area contributed by atoms with Crippen LogP contribution in [0.2, 0.25) is 0 Å². The van der Waals surface area contributed by atoms with Crippen LogP contribution < -0.4 is 10.5 Å². The van der Waals surface area contributed by atoms with Gasteiger partial charge in [0.2, 0.25) is 0 Å². The molecule has 0 bridgehead atoms. The van der Waals surface area contributed by atoms with Gasteiger partial charge in [0.1, 0.15) is 12.4 Å². The van der Waals surface area contributed by atoms with Crippen LogP contribution in [0.25, 0.3) is 0 Å². The smallest absolute Gasteiger partial charge is 0.419 e. The van der Waals surface area contributed by atoms with Gasteiger partial charge in [-0.1, -0.05) is 12.1 Å². The van der Waals surface area contributed by atoms with Gasteiger partial charge in [-0.15, -0.1) is 0 Å². The minimum absolute atomic E-state index is 0.00791. The zero-order chi connectivity index (χ0) is 13.9. The lowest BCUT2D eigenvalue weighted by Gasteiger charge is -2.16. The van der Waals surface area contributed by atoms with Crippen molar-refractivity contribution in [1.29, 1.82) is 0 Å². The van der Waals surface area contributed by atoms with E-state index in [0.717, 1.165) is 18.9 Å². The summed E-state index contributed by atoms with van der Waals surface area (Å²) in [6, 6.07) is 5.18. The Bertz CT molecular complexity index is 423. The first-order valence-electron chi connectivity index (χ1n) is 6.15. The SMILES string of the molecule is NCC1CCC(COc2ccccc2C(F)(F)F)O1. The average Bonchev–Trinajstić information content (AvgIpc) is 2.83. The number of ether oxygens (including phenoxy) is 2. The first kappa shape index (κ1) is 14.1. The summed E-state index contributed by atoms with van der Waals surface area (Å²) in [4.78, 5) is 0. The molecule has 19 heavy (non-hydrogen) atoms. The molecule has 1 fully saturated rings. The summed E-state index contributed by atoms with van der Waals surface area (Å²) >= 11 is 0. The largest absolute Gasteiger partial charge is 0.490 e. The van der Waals surface area contributed by atoms with E-state index in [-0.39, 0.29) is 24.6 Å². The van der Waals surface area contributed by atoms with Crippen LogP contribution in [-0.4, -0.2) is 25.4 Å². The Morgan fingerprint density at radius 2 is 1.89 bits per heavy atom. The van der Waals surface area contributed by atoms with Gasteiger partial charge in [0, 0.05) is 6.54 Å². The van der Waals surface area contributed by atoms with Gasteiger partial charge in [0.05, 0.1) is 17.8 Å². The average molecular weight is 275 g/mol. The van der Waals surface area contributed by atoms with Crippen LogP contribution in [0, 0.1) is 0 Å². The quantitative estimate of drug-likeness (QED) is 0.918. The molecular weight excluding hydrogens is 259 g/mol. The lowest BCUT2D eigenvalue weighted by molar-refractivity contribution is -0.139. The molecule has 106 valence electrons. The normalized spacial score (nSPS) is 23.6. The van der Waals surface area contributed by atoms with Gasteiger partial charge in [-0.2, -0.15) is 13.2 Å². The number of hydrogen-bond donors (Lipinski definition) is 1. The van der Waals surface area contributed by atoms with E-state index in [1.165, 1.54) is 18.2 Å². The van der Waals surface area contributed by atoms with Gasteiger partial charge in [-0.05, 0) is 25.0 Å². The molecule has 0 aliphatic carbocycles. The molecule has 2 N–H and O–H groups in total. The standard InChI is InChI=1S/C13H16F3NO2/c14-13(15,16)11-3-1-2-4-12(11)18-8-10-6-5-9(7-17)19-10/h1-4,9-10H,5-8,17H2. The summed E-state index contributed by atoms with van der Waals surface area (Å²) in [5, 5.41) is 0. The Kier molecular flexibility index (Phi) is 4.31. The lowest BCUT2D eigenvalue weighted by Crippen LogP contribution is -2.24. The van der Waals surface area contributed by atoms with Gasteiger partial charge in [-0.25, -0.2) is 0 Å². The highest BCUT2D eigenvalue weighted by Crippen LogP contribution is 2.36. The van der Waals surface area contributed by atoms with Crippen LogP contribution in [0.3, 0.4) is 0 Å². The molecule has 1 aliphatic heterocycles. The molecule has 1 heterocycles. The van der Waals surface area contributed by atoms with Gasteiger partial charge in [0.15, 0.2) is 0 Å². The molecule has 6 heteroatoms. The van der Waals surface area contributed by atoms with Crippen LogP contribution in [0.5, 0.6) is 5.75 Å². The van der Waals surface area contributed by atoms with Crippen molar-refractivity contribution in [2.24, 2.45) is 5.73 Å². The first-order valence-corrected chi connectivity index (χ1v) is 6.15. The maximum atomic E-state index is 12.7. The van der Waals surface area contributed by atoms with Crippen molar-refractivity contribution in [1.82, 2.24) is 0 Å². The summed E-state index contributed by atoms with van der Waals surface area (Å²) < 4.78 is 49.0. The predicted molar refractivity (Wildman–Crippen MR) is 63.9 cm³/mol. The third-order valence-electron chi connectivity index (χ3n) is 3.08. The Hall–Kier alpha value is -1.27. The van der Waals surface area contributed by atoms with Gasteiger partial charge in [-0.3, -0.25) is 0 Å². The van der Waals surface area contributed by atoms with E-state index in [2.05, 4.69) is 0 Å². The Morgan fingerprint density at radius 3 is 2.53 bits per heavy atom. The molecule has 1 aromatic carbocycles. The van der Waals surface area contributed by atoms with E-state index >= 15 is 0 Å². The predicted octanol–water partition coefficient (Wildman–Crippen LogP) is 2.59. The van der Waals surface area contributed by atoms with Crippen LogP contribution in [0.1, 0.15) is 18.4 Å². The molecule has 0 saturated carbocycles. The molecule has 2 atom stereocenters. The van der Waals surface area contributed by atoms with Crippen LogP contribution in [0.15, 0.2) is 24.3 Å². The Morgan fingerprint density at radius 1 is 1.21 bits per heavy atom. The van der Waals surface area contributed by atoms with Crippen LogP contribution >= 0.6 is 0 Å². The molecule has 0 aromatic heterocycles. The van der Waals surface area contributed by atoms with Crippen molar-refractivity contribution in [3.05, 3.63) is 29.8 Å². The highest BCUT2D eigenvalue weighted by molar-refractivity contribution is 5.35. The van der Waals surface area contributed by atoms with Crippen molar-refractivity contribution in [3.8, 4) is 5.75 Å². The summed E-state index contributed by atoms with van der Waals surface area (Å²) in [6.45, 7) is 0.541. The number of alkyl halides is 3. The Balaban J connectivity index is 1.97. The summed E-state index contributed by atoms with van der Waals surface area (Å²) in [5.74, 6) is -0.158. The zero-order valence-electron chi connectivity index (χ0n) is 10.3. The van der Waals surface area contributed by atoms with Crippen molar-refractivity contribution in [3.63, 3.8) is 0 Å². The fourth-order valence-corrected chi connectivity index (χ4v) is 2.09. The van der Waals surface area contributed by atoms with Crippen molar-refractivity contribution >= 4 is 0 Å². The lowest BCUT2D eigenvalue weighted by atomic mass is 10.2. The second-order valence-corrected chi connectivity index (χ2v) is 4.50. The molecule has 2 unspecified atom stereocenters. The summed E-state index contributed by atoms with van der Waals surface area (Å²) in [5.41, 5.74) is 4.71. The number of halogens is 3. The third kappa shape index (κ3) is 3.61. The van der Waals surface area contributed by atoms with Gasteiger partial charge < -0.3 is 15.2 Å². The van der Waals surface area contributed by atoms with Crippen LogP contribution in [0.4, 0.5) is 13.2 Å². The number of hydrogen-bond acceptors (Lipinski definition) is 3. The third-order valence-corrected chi connectivity index (χ3v) is 3.08. The number of rotatable bonds is 4. The minimum Gasteiger partial charge on any atom is -0.490 e. The topological polar surface area (TPSA) is 44.5 Å². The van der Waals surface area contributed by atoms with Crippen molar-refractivity contribution < 1.29 is 22.6 Å². The van der Waals surface area contributed by atoms with Gasteiger partial charge >= 0.3 is 6.18 Å². The molecule has 0 spiro atoms. The van der Waals surface area contributed by atoms with Crippen molar-refractivity contribution in [2.75, 3.05) is 13.2 Å². The van der Waals surface area contributed by atoms with E-state index in [1.54, 1.807) is 0 Å². The minimum atomic E-state index is -4.41. The highest BCUT2D eigenvalue weighted by atomic mass is 19.4. The fourth-order valence-electron chi connectivity index (χ4n) is 2.09. The number of para-hydroxylation sites is 1. The van der Waals surface area contributed by atoms with E-state index in [0.29, 0.717) is 6.54 Å². The molecule has 1 aromatic rings. The van der Waals surface area contributed by atoms with E-state index < -0.39 is 11.7 Å². The molecule has 3 nitrogen and oxygen atoms in total. The monoisotopic (exact) mass is 275 g/mol. The van der Waals surface area contributed by atoms with E-state index in [1.807, 2.05) is 0 Å². The molecule has 0 amide bonds. The molecular formula is C13H16F3NO2. The number of benzene rings is 1. The maximum absolute atomic E-state index is 12.7. The van der Waals surface area contributed by atoms with E-state index in [4.69, 9.17) is 15.2 Å². The van der Waals surface area contributed by atoms with Gasteiger partial charge in [0.25, 0.3) is 0 Å². The van der Waals surface area contributed by atoms with Crippen molar-refractivity contribution in [2.45, 2.75) is 31.2 Å². The maximum Gasteiger partial charge on any atom is 0.419 e. The summed E-state index contributed by atoms with van der Waals surface area (Å²) in [7, 11) is 0. The van der Waals surface area contributed by atoms with Crippen LogP contribution in [-0.2, 0) is 10.9 Å². The zero-order valence-corrected chi connectivity index (χ0v) is 10.3. The second-order valence-electron chi connectivity index (χ2n) is 4.50.